The predicted molar refractivity (Wildman–Crippen MR) is 59.3 cm³/mol. The van der Waals surface area contributed by atoms with Crippen molar-refractivity contribution in [3.63, 3.8) is 0 Å². The van der Waals surface area contributed by atoms with E-state index in [1.807, 2.05) is 35.8 Å². The van der Waals surface area contributed by atoms with Gasteiger partial charge in [0.2, 0.25) is 5.13 Å². The fourth-order valence-electron chi connectivity index (χ4n) is 1.65. The number of para-hydroxylation sites is 2. The van der Waals surface area contributed by atoms with Crippen LogP contribution in [0.2, 0.25) is 0 Å². The lowest BCUT2D eigenvalue weighted by molar-refractivity contribution is 0.941. The van der Waals surface area contributed by atoms with Gasteiger partial charge >= 0.3 is 0 Å². The molecule has 3 aromatic rings. The minimum absolute atomic E-state index is 0.862. The number of benzene rings is 1. The van der Waals surface area contributed by atoms with Gasteiger partial charge in [0, 0.05) is 0 Å². The number of imidazole rings is 1. The predicted octanol–water partition coefficient (Wildman–Crippen LogP) is 2.19. The summed E-state index contributed by atoms with van der Waals surface area (Å²) in [6.45, 7) is 1.97. The molecule has 0 spiro atoms. The summed E-state index contributed by atoms with van der Waals surface area (Å²) >= 11 is 1.51. The van der Waals surface area contributed by atoms with E-state index < -0.39 is 0 Å². The summed E-state index contributed by atoms with van der Waals surface area (Å²) in [5.41, 5.74) is 3.79. The molecule has 0 unspecified atom stereocenters. The Morgan fingerprint density at radius 1 is 1.27 bits per heavy atom. The summed E-state index contributed by atoms with van der Waals surface area (Å²) in [6.07, 6.45) is 0. The standard InChI is InChI=1S/C10H8N4S/c1-7-12-8-4-2-3-5-9(8)14(7)10-13-11-6-15-10/h2-6H,1H3. The third kappa shape index (κ3) is 1.24. The molecule has 15 heavy (non-hydrogen) atoms. The van der Waals surface area contributed by atoms with E-state index in [0.717, 1.165) is 22.0 Å². The van der Waals surface area contributed by atoms with Gasteiger partial charge in [-0.25, -0.2) is 4.98 Å². The van der Waals surface area contributed by atoms with Crippen LogP contribution in [0.1, 0.15) is 5.82 Å². The molecule has 0 aliphatic carbocycles. The first kappa shape index (κ1) is 8.55. The smallest absolute Gasteiger partial charge is 0.218 e. The van der Waals surface area contributed by atoms with Crippen LogP contribution in [0.15, 0.2) is 29.8 Å². The van der Waals surface area contributed by atoms with Gasteiger partial charge in [-0.15, -0.1) is 10.2 Å². The van der Waals surface area contributed by atoms with Crippen molar-refractivity contribution in [1.82, 2.24) is 19.7 Å². The molecule has 0 atom stereocenters. The Labute approximate surface area is 90.2 Å². The van der Waals surface area contributed by atoms with Crippen LogP contribution in [0, 0.1) is 6.92 Å². The topological polar surface area (TPSA) is 43.6 Å². The molecule has 0 aliphatic heterocycles. The lowest BCUT2D eigenvalue weighted by atomic mass is 10.3. The summed E-state index contributed by atoms with van der Waals surface area (Å²) in [5, 5.41) is 8.77. The Hall–Kier alpha value is -1.75. The Morgan fingerprint density at radius 2 is 2.13 bits per heavy atom. The Morgan fingerprint density at radius 3 is 2.93 bits per heavy atom. The molecule has 1 aromatic carbocycles. The van der Waals surface area contributed by atoms with Crippen molar-refractivity contribution in [2.24, 2.45) is 0 Å². The van der Waals surface area contributed by atoms with Gasteiger partial charge in [0.1, 0.15) is 11.3 Å². The average molecular weight is 216 g/mol. The van der Waals surface area contributed by atoms with Gasteiger partial charge in [-0.1, -0.05) is 23.5 Å². The molecule has 74 valence electrons. The maximum absolute atomic E-state index is 4.47. The third-order valence-corrected chi connectivity index (χ3v) is 2.94. The number of rotatable bonds is 1. The normalized spacial score (nSPS) is 11.0. The minimum Gasteiger partial charge on any atom is -0.270 e. The molecule has 0 amide bonds. The summed E-state index contributed by atoms with van der Waals surface area (Å²) in [7, 11) is 0. The van der Waals surface area contributed by atoms with Crippen molar-refractivity contribution in [2.75, 3.05) is 0 Å². The number of aromatic nitrogens is 4. The van der Waals surface area contributed by atoms with Crippen LogP contribution in [-0.4, -0.2) is 19.7 Å². The third-order valence-electron chi connectivity index (χ3n) is 2.27. The number of fused-ring (bicyclic) bond motifs is 1. The van der Waals surface area contributed by atoms with Gasteiger partial charge in [-0.3, -0.25) is 4.57 Å². The number of hydrogen-bond donors (Lipinski definition) is 0. The van der Waals surface area contributed by atoms with Gasteiger partial charge in [0.25, 0.3) is 0 Å². The van der Waals surface area contributed by atoms with Gasteiger partial charge in [0.15, 0.2) is 0 Å². The van der Waals surface area contributed by atoms with Crippen LogP contribution < -0.4 is 0 Å². The highest BCUT2D eigenvalue weighted by atomic mass is 32.1. The van der Waals surface area contributed by atoms with Crippen LogP contribution in [-0.2, 0) is 0 Å². The molecular formula is C10H8N4S. The highest BCUT2D eigenvalue weighted by Gasteiger charge is 2.10. The van der Waals surface area contributed by atoms with Crippen LogP contribution in [0.25, 0.3) is 16.2 Å². The van der Waals surface area contributed by atoms with Crippen molar-refractivity contribution < 1.29 is 0 Å². The first-order chi connectivity index (χ1) is 7.36. The molecule has 2 heterocycles. The maximum atomic E-state index is 4.47. The van der Waals surface area contributed by atoms with Crippen molar-refractivity contribution >= 4 is 22.4 Å². The Bertz CT molecular complexity index is 597. The largest absolute Gasteiger partial charge is 0.270 e. The second-order valence-corrected chi connectivity index (χ2v) is 4.02. The second-order valence-electron chi connectivity index (χ2n) is 3.20. The first-order valence-corrected chi connectivity index (χ1v) is 5.45. The lowest BCUT2D eigenvalue weighted by Crippen LogP contribution is -1.95. The Balaban J connectivity index is 2.39. The molecule has 0 saturated heterocycles. The van der Waals surface area contributed by atoms with Crippen LogP contribution >= 0.6 is 11.3 Å². The summed E-state index contributed by atoms with van der Waals surface area (Å²) in [5.74, 6) is 0.938. The zero-order valence-electron chi connectivity index (χ0n) is 8.08. The van der Waals surface area contributed by atoms with Crippen LogP contribution in [0.5, 0.6) is 0 Å². The Kier molecular flexibility index (Phi) is 1.78. The average Bonchev–Trinajstić information content (AvgIpc) is 2.82. The molecular weight excluding hydrogens is 208 g/mol. The van der Waals surface area contributed by atoms with Crippen molar-refractivity contribution in [2.45, 2.75) is 6.92 Å². The van der Waals surface area contributed by atoms with E-state index in [9.17, 15) is 0 Å². The molecule has 0 radical (unpaired) electrons. The van der Waals surface area contributed by atoms with Gasteiger partial charge in [0.05, 0.1) is 11.0 Å². The van der Waals surface area contributed by atoms with Crippen LogP contribution in [0.3, 0.4) is 0 Å². The summed E-state index contributed by atoms with van der Waals surface area (Å²) in [4.78, 5) is 4.47. The van der Waals surface area contributed by atoms with Crippen LogP contribution in [0.4, 0.5) is 0 Å². The van der Waals surface area contributed by atoms with E-state index in [1.54, 1.807) is 5.51 Å². The second kappa shape index (κ2) is 3.13. The van der Waals surface area contributed by atoms with Gasteiger partial charge < -0.3 is 0 Å². The highest BCUT2D eigenvalue weighted by Crippen LogP contribution is 2.21. The fourth-order valence-corrected chi connectivity index (χ4v) is 2.27. The molecule has 0 aliphatic rings. The zero-order valence-corrected chi connectivity index (χ0v) is 8.90. The maximum Gasteiger partial charge on any atom is 0.218 e. The van der Waals surface area contributed by atoms with E-state index in [4.69, 9.17) is 0 Å². The van der Waals surface area contributed by atoms with Crippen molar-refractivity contribution in [3.8, 4) is 5.13 Å². The molecule has 3 rings (SSSR count). The molecule has 4 nitrogen and oxygen atoms in total. The van der Waals surface area contributed by atoms with E-state index in [2.05, 4.69) is 15.2 Å². The van der Waals surface area contributed by atoms with E-state index >= 15 is 0 Å². The first-order valence-electron chi connectivity index (χ1n) is 4.57. The van der Waals surface area contributed by atoms with E-state index in [1.165, 1.54) is 11.3 Å². The monoisotopic (exact) mass is 216 g/mol. The summed E-state index contributed by atoms with van der Waals surface area (Å²) in [6, 6.07) is 8.02. The fraction of sp³-hybridized carbons (Fsp3) is 0.100. The summed E-state index contributed by atoms with van der Waals surface area (Å²) < 4.78 is 2.02. The minimum atomic E-state index is 0.862. The van der Waals surface area contributed by atoms with Gasteiger partial charge in [-0.05, 0) is 19.1 Å². The molecule has 5 heteroatoms. The van der Waals surface area contributed by atoms with E-state index in [0.29, 0.717) is 0 Å². The molecule has 0 N–H and O–H groups in total. The molecule has 0 fully saturated rings. The lowest BCUT2D eigenvalue weighted by Gasteiger charge is -1.99. The quantitative estimate of drug-likeness (QED) is 0.626. The highest BCUT2D eigenvalue weighted by molar-refractivity contribution is 7.11. The molecule has 0 saturated carbocycles. The molecule has 2 aromatic heterocycles. The van der Waals surface area contributed by atoms with Gasteiger partial charge in [-0.2, -0.15) is 0 Å². The number of nitrogens with zero attached hydrogens (tertiary/aromatic N) is 4. The SMILES string of the molecule is Cc1nc2ccccc2n1-c1nncs1. The van der Waals surface area contributed by atoms with Crippen molar-refractivity contribution in [3.05, 3.63) is 35.6 Å². The molecule has 0 bridgehead atoms. The van der Waals surface area contributed by atoms with E-state index in [-0.39, 0.29) is 0 Å². The zero-order chi connectivity index (χ0) is 10.3. The van der Waals surface area contributed by atoms with Crippen molar-refractivity contribution in [1.29, 1.82) is 0 Å². The number of aryl methyl sites for hydroxylation is 1. The number of hydrogen-bond acceptors (Lipinski definition) is 4.